The number of rotatable bonds is 3. The lowest BCUT2D eigenvalue weighted by atomic mass is 9.98. The summed E-state index contributed by atoms with van der Waals surface area (Å²) in [5.41, 5.74) is 0. The molecule has 0 aromatic rings. The van der Waals surface area contributed by atoms with Gasteiger partial charge in [0.2, 0.25) is 0 Å². The van der Waals surface area contributed by atoms with E-state index < -0.39 is 0 Å². The van der Waals surface area contributed by atoms with E-state index in [0.717, 1.165) is 12.0 Å². The third-order valence-corrected chi connectivity index (χ3v) is 3.23. The van der Waals surface area contributed by atoms with Crippen LogP contribution in [0.1, 0.15) is 59.3 Å². The second kappa shape index (κ2) is 5.64. The molecule has 1 aliphatic rings. The van der Waals surface area contributed by atoms with Crippen molar-refractivity contribution in [2.24, 2.45) is 5.92 Å². The van der Waals surface area contributed by atoms with Gasteiger partial charge in [-0.25, -0.2) is 0 Å². The summed E-state index contributed by atoms with van der Waals surface area (Å²) in [4.78, 5) is 0. The second-order valence-corrected chi connectivity index (χ2v) is 4.80. The summed E-state index contributed by atoms with van der Waals surface area (Å²) in [7, 11) is 0. The zero-order chi connectivity index (χ0) is 9.68. The van der Waals surface area contributed by atoms with Gasteiger partial charge in [-0.2, -0.15) is 0 Å². The Kier molecular flexibility index (Phi) is 4.79. The van der Waals surface area contributed by atoms with Crippen molar-refractivity contribution in [1.29, 1.82) is 0 Å². The molecule has 1 nitrogen and oxygen atoms in total. The minimum absolute atomic E-state index is 0.656. The monoisotopic (exact) mass is 183 g/mol. The molecule has 0 aliphatic heterocycles. The van der Waals surface area contributed by atoms with Crippen LogP contribution in [-0.2, 0) is 0 Å². The molecule has 1 fully saturated rings. The SMILES string of the molecule is CCC1CCCC(NC(C)C)CC1. The van der Waals surface area contributed by atoms with E-state index in [9.17, 15) is 0 Å². The molecular formula is C12H25N. The molecule has 2 atom stereocenters. The van der Waals surface area contributed by atoms with Gasteiger partial charge in [-0.05, 0) is 25.2 Å². The largest absolute Gasteiger partial charge is 0.312 e. The Bertz CT molecular complexity index is 131. The average Bonchev–Trinajstić information content (AvgIpc) is 2.29. The van der Waals surface area contributed by atoms with E-state index in [1.807, 2.05) is 0 Å². The first-order chi connectivity index (χ1) is 6.22. The van der Waals surface area contributed by atoms with Crippen LogP contribution in [0.2, 0.25) is 0 Å². The molecule has 78 valence electrons. The van der Waals surface area contributed by atoms with Crippen molar-refractivity contribution >= 4 is 0 Å². The quantitative estimate of drug-likeness (QED) is 0.662. The summed E-state index contributed by atoms with van der Waals surface area (Å²) < 4.78 is 0. The number of hydrogen-bond donors (Lipinski definition) is 1. The van der Waals surface area contributed by atoms with Crippen molar-refractivity contribution in [2.45, 2.75) is 71.4 Å². The van der Waals surface area contributed by atoms with Crippen LogP contribution in [0.25, 0.3) is 0 Å². The van der Waals surface area contributed by atoms with Gasteiger partial charge >= 0.3 is 0 Å². The predicted molar refractivity (Wildman–Crippen MR) is 58.9 cm³/mol. The molecule has 0 radical (unpaired) electrons. The zero-order valence-electron chi connectivity index (χ0n) is 9.47. The van der Waals surface area contributed by atoms with Crippen LogP contribution in [0.4, 0.5) is 0 Å². The third-order valence-electron chi connectivity index (χ3n) is 3.23. The summed E-state index contributed by atoms with van der Waals surface area (Å²) in [5, 5.41) is 3.67. The van der Waals surface area contributed by atoms with Crippen LogP contribution in [-0.4, -0.2) is 12.1 Å². The summed E-state index contributed by atoms with van der Waals surface area (Å²) in [6, 6.07) is 1.46. The van der Waals surface area contributed by atoms with Crippen LogP contribution in [0, 0.1) is 5.92 Å². The van der Waals surface area contributed by atoms with E-state index in [1.54, 1.807) is 0 Å². The van der Waals surface area contributed by atoms with E-state index in [4.69, 9.17) is 0 Å². The van der Waals surface area contributed by atoms with Crippen molar-refractivity contribution in [3.8, 4) is 0 Å². The fraction of sp³-hybridized carbons (Fsp3) is 1.00. The molecule has 1 heteroatoms. The lowest BCUT2D eigenvalue weighted by Gasteiger charge is -2.19. The van der Waals surface area contributed by atoms with Gasteiger partial charge in [-0.15, -0.1) is 0 Å². The second-order valence-electron chi connectivity index (χ2n) is 4.80. The molecule has 0 aromatic heterocycles. The molecule has 0 saturated heterocycles. The van der Waals surface area contributed by atoms with Crippen LogP contribution in [0.15, 0.2) is 0 Å². The molecule has 2 unspecified atom stereocenters. The normalized spacial score (nSPS) is 30.5. The Morgan fingerprint density at radius 3 is 2.54 bits per heavy atom. The minimum Gasteiger partial charge on any atom is -0.312 e. The summed E-state index contributed by atoms with van der Waals surface area (Å²) in [5.74, 6) is 1.01. The van der Waals surface area contributed by atoms with E-state index in [-0.39, 0.29) is 0 Å². The highest BCUT2D eigenvalue weighted by Gasteiger charge is 2.17. The van der Waals surface area contributed by atoms with Crippen LogP contribution < -0.4 is 5.32 Å². The molecule has 0 bridgehead atoms. The van der Waals surface area contributed by atoms with E-state index in [2.05, 4.69) is 26.1 Å². The van der Waals surface area contributed by atoms with Gasteiger partial charge in [0.1, 0.15) is 0 Å². The van der Waals surface area contributed by atoms with Gasteiger partial charge < -0.3 is 5.32 Å². The molecule has 0 aromatic carbocycles. The maximum atomic E-state index is 3.67. The number of nitrogens with one attached hydrogen (secondary N) is 1. The lowest BCUT2D eigenvalue weighted by molar-refractivity contribution is 0.405. The van der Waals surface area contributed by atoms with E-state index in [0.29, 0.717) is 6.04 Å². The smallest absolute Gasteiger partial charge is 0.00695 e. The first-order valence-electron chi connectivity index (χ1n) is 5.98. The summed E-state index contributed by atoms with van der Waals surface area (Å²) in [6.45, 7) is 6.84. The Labute approximate surface area is 83.3 Å². The number of hydrogen-bond acceptors (Lipinski definition) is 1. The van der Waals surface area contributed by atoms with E-state index >= 15 is 0 Å². The standard InChI is InChI=1S/C12H25N/c1-4-11-6-5-7-12(9-8-11)13-10(2)3/h10-13H,4-9H2,1-3H3. The van der Waals surface area contributed by atoms with Gasteiger partial charge in [0.25, 0.3) is 0 Å². The molecule has 0 spiro atoms. The first kappa shape index (κ1) is 11.0. The van der Waals surface area contributed by atoms with Gasteiger partial charge in [-0.3, -0.25) is 0 Å². The highest BCUT2D eigenvalue weighted by atomic mass is 14.9. The summed E-state index contributed by atoms with van der Waals surface area (Å²) >= 11 is 0. The molecule has 1 saturated carbocycles. The van der Waals surface area contributed by atoms with Crippen molar-refractivity contribution in [3.63, 3.8) is 0 Å². The van der Waals surface area contributed by atoms with Crippen LogP contribution >= 0.6 is 0 Å². The average molecular weight is 183 g/mol. The predicted octanol–water partition coefficient (Wildman–Crippen LogP) is 3.34. The maximum absolute atomic E-state index is 3.67. The fourth-order valence-electron chi connectivity index (χ4n) is 2.42. The highest BCUT2D eigenvalue weighted by Crippen LogP contribution is 2.25. The van der Waals surface area contributed by atoms with Crippen molar-refractivity contribution < 1.29 is 0 Å². The Hall–Kier alpha value is -0.0400. The van der Waals surface area contributed by atoms with Gasteiger partial charge in [0.05, 0.1) is 0 Å². The first-order valence-corrected chi connectivity index (χ1v) is 5.98. The molecule has 1 aliphatic carbocycles. The van der Waals surface area contributed by atoms with E-state index in [1.165, 1.54) is 38.5 Å². The minimum atomic E-state index is 0.656. The van der Waals surface area contributed by atoms with Gasteiger partial charge in [-0.1, -0.05) is 40.0 Å². The third kappa shape index (κ3) is 4.12. The van der Waals surface area contributed by atoms with Crippen molar-refractivity contribution in [1.82, 2.24) is 5.32 Å². The Morgan fingerprint density at radius 1 is 1.15 bits per heavy atom. The molecular weight excluding hydrogens is 158 g/mol. The lowest BCUT2D eigenvalue weighted by Crippen LogP contribution is -2.34. The van der Waals surface area contributed by atoms with Crippen molar-refractivity contribution in [3.05, 3.63) is 0 Å². The zero-order valence-corrected chi connectivity index (χ0v) is 9.47. The molecule has 13 heavy (non-hydrogen) atoms. The van der Waals surface area contributed by atoms with Gasteiger partial charge in [0.15, 0.2) is 0 Å². The van der Waals surface area contributed by atoms with Crippen LogP contribution in [0.5, 0.6) is 0 Å². The fourth-order valence-corrected chi connectivity index (χ4v) is 2.42. The van der Waals surface area contributed by atoms with Crippen molar-refractivity contribution in [2.75, 3.05) is 0 Å². The molecule has 1 rings (SSSR count). The molecule has 0 amide bonds. The summed E-state index contributed by atoms with van der Waals surface area (Å²) in [6.07, 6.45) is 8.52. The maximum Gasteiger partial charge on any atom is 0.00695 e. The Morgan fingerprint density at radius 2 is 1.92 bits per heavy atom. The highest BCUT2D eigenvalue weighted by molar-refractivity contribution is 4.75. The molecule has 0 heterocycles. The van der Waals surface area contributed by atoms with Gasteiger partial charge in [0, 0.05) is 12.1 Å². The Balaban J connectivity index is 2.27. The van der Waals surface area contributed by atoms with Crippen LogP contribution in [0.3, 0.4) is 0 Å². The topological polar surface area (TPSA) is 12.0 Å². The molecule has 1 N–H and O–H groups in total.